The molecule has 0 spiro atoms. The predicted octanol–water partition coefficient (Wildman–Crippen LogP) is 1.88. The second kappa shape index (κ2) is 7.30. The van der Waals surface area contributed by atoms with E-state index in [4.69, 9.17) is 9.47 Å². The molecule has 0 unspecified atom stereocenters. The molecule has 0 radical (unpaired) electrons. The van der Waals surface area contributed by atoms with Crippen molar-refractivity contribution in [2.75, 3.05) is 22.4 Å². The predicted molar refractivity (Wildman–Crippen MR) is 93.1 cm³/mol. The maximum Gasteiger partial charge on any atom is 0.360 e. The standard InChI is InChI=1S/C16H22N2O6S/c1-4-6-9-25(21,22)18-11-7-8-12-13(10-11)24-16(3,14(19)17-12)15(20)23-5-2/h7-8,10,18H,4-6,9H2,1-3H3,(H,17,19)/t16-/m0/s1. The first-order chi connectivity index (χ1) is 11.7. The van der Waals surface area contributed by atoms with Crippen LogP contribution in [0.3, 0.4) is 0 Å². The van der Waals surface area contributed by atoms with E-state index in [1.807, 2.05) is 6.92 Å². The molecule has 0 fully saturated rings. The van der Waals surface area contributed by atoms with Gasteiger partial charge in [-0.3, -0.25) is 9.52 Å². The molecule has 1 atom stereocenters. The lowest BCUT2D eigenvalue weighted by molar-refractivity contribution is -0.165. The van der Waals surface area contributed by atoms with Crippen LogP contribution < -0.4 is 14.8 Å². The molecule has 0 saturated heterocycles. The van der Waals surface area contributed by atoms with Crippen molar-refractivity contribution in [3.63, 3.8) is 0 Å². The number of amides is 1. The van der Waals surface area contributed by atoms with Crippen molar-refractivity contribution >= 4 is 33.3 Å². The molecule has 0 saturated carbocycles. The Balaban J connectivity index is 2.25. The van der Waals surface area contributed by atoms with Crippen LogP contribution in [0.1, 0.15) is 33.6 Å². The molecule has 0 bridgehead atoms. The van der Waals surface area contributed by atoms with Crippen LogP contribution in [0, 0.1) is 0 Å². The van der Waals surface area contributed by atoms with E-state index >= 15 is 0 Å². The van der Waals surface area contributed by atoms with Crippen LogP contribution in [0.4, 0.5) is 11.4 Å². The van der Waals surface area contributed by atoms with Crippen LogP contribution >= 0.6 is 0 Å². The van der Waals surface area contributed by atoms with Gasteiger partial charge in [0.25, 0.3) is 11.5 Å². The van der Waals surface area contributed by atoms with Gasteiger partial charge >= 0.3 is 5.97 Å². The molecule has 2 rings (SSSR count). The quantitative estimate of drug-likeness (QED) is 0.560. The van der Waals surface area contributed by atoms with Gasteiger partial charge in [0.05, 0.1) is 23.7 Å². The van der Waals surface area contributed by atoms with E-state index in [1.54, 1.807) is 6.92 Å². The van der Waals surface area contributed by atoms with Crippen molar-refractivity contribution in [1.29, 1.82) is 0 Å². The molecular formula is C16H22N2O6S. The number of fused-ring (bicyclic) bond motifs is 1. The molecular weight excluding hydrogens is 348 g/mol. The summed E-state index contributed by atoms with van der Waals surface area (Å²) in [5.41, 5.74) is -1.19. The largest absolute Gasteiger partial charge is 0.464 e. The third-order valence-corrected chi connectivity index (χ3v) is 5.05. The number of ether oxygens (including phenoxy) is 2. The van der Waals surface area contributed by atoms with E-state index in [1.165, 1.54) is 25.1 Å². The van der Waals surface area contributed by atoms with Crippen molar-refractivity contribution in [2.24, 2.45) is 0 Å². The Bertz CT molecular complexity index is 777. The van der Waals surface area contributed by atoms with Crippen molar-refractivity contribution in [3.05, 3.63) is 18.2 Å². The average molecular weight is 370 g/mol. The topological polar surface area (TPSA) is 111 Å². The van der Waals surface area contributed by atoms with Gasteiger partial charge in [0.1, 0.15) is 5.75 Å². The number of carbonyl (C=O) groups excluding carboxylic acids is 2. The number of hydrogen-bond donors (Lipinski definition) is 2. The Hall–Kier alpha value is -2.29. The van der Waals surface area contributed by atoms with E-state index in [0.717, 1.165) is 6.42 Å². The van der Waals surface area contributed by atoms with E-state index < -0.39 is 27.5 Å². The van der Waals surface area contributed by atoms with Crippen LogP contribution in [0.2, 0.25) is 0 Å². The Labute approximate surface area is 146 Å². The van der Waals surface area contributed by atoms with E-state index in [2.05, 4.69) is 10.0 Å². The molecule has 1 aromatic carbocycles. The van der Waals surface area contributed by atoms with Gasteiger partial charge < -0.3 is 14.8 Å². The van der Waals surface area contributed by atoms with Crippen LogP contribution in [0.25, 0.3) is 0 Å². The zero-order valence-electron chi connectivity index (χ0n) is 14.4. The highest BCUT2D eigenvalue weighted by Gasteiger charge is 2.48. The molecule has 1 aromatic rings. The highest BCUT2D eigenvalue weighted by Crippen LogP contribution is 2.36. The molecule has 0 aliphatic carbocycles. The van der Waals surface area contributed by atoms with Gasteiger partial charge in [0, 0.05) is 6.07 Å². The first-order valence-corrected chi connectivity index (χ1v) is 9.69. The second-order valence-corrected chi connectivity index (χ2v) is 7.64. The summed E-state index contributed by atoms with van der Waals surface area (Å²) >= 11 is 0. The fourth-order valence-electron chi connectivity index (χ4n) is 2.25. The number of carbonyl (C=O) groups is 2. The molecule has 0 aromatic heterocycles. The number of unbranched alkanes of at least 4 members (excludes halogenated alkanes) is 1. The van der Waals surface area contributed by atoms with E-state index in [9.17, 15) is 18.0 Å². The van der Waals surface area contributed by atoms with Crippen LogP contribution in [0.15, 0.2) is 18.2 Å². The van der Waals surface area contributed by atoms with Gasteiger partial charge in [0.15, 0.2) is 0 Å². The highest BCUT2D eigenvalue weighted by atomic mass is 32.2. The summed E-state index contributed by atoms with van der Waals surface area (Å²) in [7, 11) is -3.47. The number of benzene rings is 1. The van der Waals surface area contributed by atoms with Crippen molar-refractivity contribution in [1.82, 2.24) is 0 Å². The third-order valence-electron chi connectivity index (χ3n) is 3.68. The smallest absolute Gasteiger partial charge is 0.360 e. The average Bonchev–Trinajstić information content (AvgIpc) is 2.54. The molecule has 25 heavy (non-hydrogen) atoms. The van der Waals surface area contributed by atoms with Crippen LogP contribution in [-0.2, 0) is 24.3 Å². The maximum atomic E-state index is 12.2. The SMILES string of the molecule is CCCCS(=O)(=O)Nc1ccc2c(c1)O[C@](C)(C(=O)OCC)C(=O)N2. The normalized spacial score (nSPS) is 19.4. The number of nitrogens with one attached hydrogen (secondary N) is 2. The first kappa shape index (κ1) is 19.0. The number of sulfonamides is 1. The molecule has 1 aliphatic heterocycles. The number of rotatable bonds is 7. The number of esters is 1. The van der Waals surface area contributed by atoms with E-state index in [0.29, 0.717) is 12.1 Å². The summed E-state index contributed by atoms with van der Waals surface area (Å²) < 4.78 is 36.9. The van der Waals surface area contributed by atoms with Gasteiger partial charge in [0.2, 0.25) is 10.0 Å². The minimum absolute atomic E-state index is 0.0126. The lowest BCUT2D eigenvalue weighted by atomic mass is 10.0. The summed E-state index contributed by atoms with van der Waals surface area (Å²) in [6.07, 6.45) is 1.31. The molecule has 1 aliphatic rings. The number of anilines is 2. The molecule has 138 valence electrons. The fraction of sp³-hybridized carbons (Fsp3) is 0.500. The Morgan fingerprint density at radius 1 is 1.36 bits per heavy atom. The van der Waals surface area contributed by atoms with Gasteiger partial charge in [-0.15, -0.1) is 0 Å². The van der Waals surface area contributed by atoms with Crippen molar-refractivity contribution < 1.29 is 27.5 Å². The summed E-state index contributed by atoms with van der Waals surface area (Å²) in [5, 5.41) is 2.57. The minimum atomic E-state index is -3.47. The Morgan fingerprint density at radius 3 is 2.72 bits per heavy atom. The van der Waals surface area contributed by atoms with Gasteiger partial charge in [-0.2, -0.15) is 0 Å². The van der Waals surface area contributed by atoms with Crippen LogP contribution in [0.5, 0.6) is 5.75 Å². The fourth-order valence-corrected chi connectivity index (χ4v) is 3.51. The van der Waals surface area contributed by atoms with Crippen LogP contribution in [-0.4, -0.2) is 38.3 Å². The van der Waals surface area contributed by atoms with Gasteiger partial charge in [-0.05, 0) is 32.4 Å². The summed E-state index contributed by atoms with van der Waals surface area (Å²) in [5.74, 6) is -1.26. The molecule has 9 heteroatoms. The molecule has 2 N–H and O–H groups in total. The van der Waals surface area contributed by atoms with Gasteiger partial charge in [-0.25, -0.2) is 13.2 Å². The van der Waals surface area contributed by atoms with E-state index in [-0.39, 0.29) is 23.8 Å². The van der Waals surface area contributed by atoms with Crippen molar-refractivity contribution in [3.8, 4) is 5.75 Å². The third kappa shape index (κ3) is 4.22. The lowest BCUT2D eigenvalue weighted by Crippen LogP contribution is -2.55. The molecule has 8 nitrogen and oxygen atoms in total. The first-order valence-electron chi connectivity index (χ1n) is 8.04. The Morgan fingerprint density at radius 2 is 2.08 bits per heavy atom. The van der Waals surface area contributed by atoms with Crippen molar-refractivity contribution in [2.45, 2.75) is 39.2 Å². The monoisotopic (exact) mass is 370 g/mol. The number of hydrogen-bond acceptors (Lipinski definition) is 6. The summed E-state index contributed by atoms with van der Waals surface area (Å²) in [6, 6.07) is 4.45. The zero-order valence-corrected chi connectivity index (χ0v) is 15.2. The highest BCUT2D eigenvalue weighted by molar-refractivity contribution is 7.92. The molecule has 1 amide bonds. The maximum absolute atomic E-state index is 12.2. The Kier molecular flexibility index (Phi) is 5.56. The molecule has 1 heterocycles. The minimum Gasteiger partial charge on any atom is -0.464 e. The zero-order chi connectivity index (χ0) is 18.7. The summed E-state index contributed by atoms with van der Waals surface area (Å²) in [4.78, 5) is 24.2. The van der Waals surface area contributed by atoms with Gasteiger partial charge in [-0.1, -0.05) is 13.3 Å². The lowest BCUT2D eigenvalue weighted by Gasteiger charge is -2.32. The summed E-state index contributed by atoms with van der Waals surface area (Å²) in [6.45, 7) is 4.94. The second-order valence-electron chi connectivity index (χ2n) is 5.80.